The maximum Gasteiger partial charge on any atom is 0.229 e. The van der Waals surface area contributed by atoms with Gasteiger partial charge in [0.15, 0.2) is 11.5 Å². The molecule has 7 nitrogen and oxygen atoms in total. The molecule has 0 spiro atoms. The Kier molecular flexibility index (Phi) is 4.32. The molecule has 0 amide bonds. The third-order valence-corrected chi connectivity index (χ3v) is 5.04. The highest BCUT2D eigenvalue weighted by molar-refractivity contribution is 6.27. The molecule has 0 radical (unpaired) electrons. The van der Waals surface area contributed by atoms with E-state index in [0.717, 1.165) is 0 Å². The molecule has 4 rings (SSSR count). The summed E-state index contributed by atoms with van der Waals surface area (Å²) < 4.78 is 16.2. The van der Waals surface area contributed by atoms with Gasteiger partial charge in [-0.3, -0.25) is 9.59 Å². The van der Waals surface area contributed by atoms with Gasteiger partial charge in [-0.25, -0.2) is 0 Å². The first kappa shape index (κ1) is 18.3. The van der Waals surface area contributed by atoms with Crippen LogP contribution in [-0.4, -0.2) is 25.8 Å². The number of methoxy groups -OCH3 is 2. The highest BCUT2D eigenvalue weighted by Crippen LogP contribution is 2.46. The van der Waals surface area contributed by atoms with Crippen LogP contribution < -0.4 is 15.2 Å². The van der Waals surface area contributed by atoms with E-state index in [1.807, 2.05) is 6.07 Å². The van der Waals surface area contributed by atoms with Crippen LogP contribution in [-0.2, 0) is 4.74 Å². The van der Waals surface area contributed by atoms with E-state index in [9.17, 15) is 14.9 Å². The molecule has 2 N–H and O–H groups in total. The molecular weight excluding hydrogens is 372 g/mol. The number of ketones is 2. The number of nitrogens with two attached hydrogens (primary N) is 1. The number of rotatable bonds is 3. The second-order valence-corrected chi connectivity index (χ2v) is 6.48. The first-order valence-corrected chi connectivity index (χ1v) is 8.73. The van der Waals surface area contributed by atoms with Crippen LogP contribution >= 0.6 is 0 Å². The molecule has 0 bridgehead atoms. The quantitative estimate of drug-likeness (QED) is 0.860. The van der Waals surface area contributed by atoms with Crippen LogP contribution in [0, 0.1) is 11.3 Å². The van der Waals surface area contributed by atoms with E-state index in [0.29, 0.717) is 17.1 Å². The normalized spacial score (nSPS) is 17.9. The van der Waals surface area contributed by atoms with E-state index in [1.54, 1.807) is 42.5 Å². The molecule has 2 aliphatic rings. The van der Waals surface area contributed by atoms with Gasteiger partial charge in [-0.15, -0.1) is 0 Å². The van der Waals surface area contributed by atoms with Crippen molar-refractivity contribution in [3.63, 3.8) is 0 Å². The molecule has 0 saturated heterocycles. The Bertz CT molecular complexity index is 1170. The standard InChI is InChI=1S/C22H16N2O5/c1-27-11-7-8-14(16(9-11)28-2)17-15(10-23)22(24)29-21-18(17)19(25)12-5-3-4-6-13(12)20(21)26/h3-9,17H,24H2,1-2H3/t17-/m0/s1. The topological polar surface area (TPSA) is 112 Å². The summed E-state index contributed by atoms with van der Waals surface area (Å²) in [4.78, 5) is 26.4. The Balaban J connectivity index is 1.99. The van der Waals surface area contributed by atoms with Crippen molar-refractivity contribution in [1.82, 2.24) is 0 Å². The summed E-state index contributed by atoms with van der Waals surface area (Å²) in [5.74, 6) is -1.19. The summed E-state index contributed by atoms with van der Waals surface area (Å²) in [5.41, 5.74) is 7.08. The van der Waals surface area contributed by atoms with E-state index < -0.39 is 17.5 Å². The number of hydrogen-bond acceptors (Lipinski definition) is 7. The minimum absolute atomic E-state index is 0.0350. The minimum Gasteiger partial charge on any atom is -0.497 e. The maximum atomic E-state index is 13.3. The molecule has 1 aliphatic heterocycles. The number of fused-ring (bicyclic) bond motifs is 1. The highest BCUT2D eigenvalue weighted by Gasteiger charge is 2.44. The number of benzene rings is 2. The van der Waals surface area contributed by atoms with Crippen LogP contribution in [0.4, 0.5) is 0 Å². The lowest BCUT2D eigenvalue weighted by Gasteiger charge is -2.31. The van der Waals surface area contributed by atoms with Crippen LogP contribution in [0.1, 0.15) is 32.2 Å². The maximum absolute atomic E-state index is 13.3. The zero-order chi connectivity index (χ0) is 20.7. The number of nitriles is 1. The molecule has 144 valence electrons. The van der Waals surface area contributed by atoms with Crippen molar-refractivity contribution in [1.29, 1.82) is 5.26 Å². The van der Waals surface area contributed by atoms with Gasteiger partial charge in [0.25, 0.3) is 0 Å². The summed E-state index contributed by atoms with van der Waals surface area (Å²) >= 11 is 0. The summed E-state index contributed by atoms with van der Waals surface area (Å²) in [7, 11) is 2.98. The first-order valence-electron chi connectivity index (χ1n) is 8.73. The fraction of sp³-hybridized carbons (Fsp3) is 0.136. The molecule has 7 heteroatoms. The van der Waals surface area contributed by atoms with E-state index in [-0.39, 0.29) is 33.9 Å². The molecule has 2 aromatic rings. The predicted octanol–water partition coefficient (Wildman–Crippen LogP) is 2.84. The van der Waals surface area contributed by atoms with Gasteiger partial charge in [0.05, 0.1) is 25.7 Å². The first-order chi connectivity index (χ1) is 14.0. The predicted molar refractivity (Wildman–Crippen MR) is 102 cm³/mol. The van der Waals surface area contributed by atoms with Gasteiger partial charge in [-0.05, 0) is 6.07 Å². The largest absolute Gasteiger partial charge is 0.497 e. The molecule has 2 aromatic carbocycles. The molecular formula is C22H16N2O5. The van der Waals surface area contributed by atoms with Gasteiger partial charge >= 0.3 is 0 Å². The molecule has 0 aromatic heterocycles. The molecule has 1 atom stereocenters. The zero-order valence-corrected chi connectivity index (χ0v) is 15.7. The van der Waals surface area contributed by atoms with Crippen LogP contribution in [0.2, 0.25) is 0 Å². The van der Waals surface area contributed by atoms with E-state index >= 15 is 0 Å². The third kappa shape index (κ3) is 2.65. The van der Waals surface area contributed by atoms with Crippen molar-refractivity contribution in [2.45, 2.75) is 5.92 Å². The van der Waals surface area contributed by atoms with E-state index in [4.69, 9.17) is 19.9 Å². The monoisotopic (exact) mass is 388 g/mol. The van der Waals surface area contributed by atoms with Crippen LogP contribution in [0.3, 0.4) is 0 Å². The number of nitrogens with zero attached hydrogens (tertiary/aromatic N) is 1. The fourth-order valence-electron chi connectivity index (χ4n) is 3.67. The second kappa shape index (κ2) is 6.84. The second-order valence-electron chi connectivity index (χ2n) is 6.48. The lowest BCUT2D eigenvalue weighted by Crippen LogP contribution is -2.32. The zero-order valence-electron chi connectivity index (χ0n) is 15.7. The number of allylic oxidation sites excluding steroid dienone is 3. The average molecular weight is 388 g/mol. The Labute approximate surface area is 166 Å². The Morgan fingerprint density at radius 1 is 1.03 bits per heavy atom. The number of ether oxygens (including phenoxy) is 3. The lowest BCUT2D eigenvalue weighted by molar-refractivity contribution is 0.0897. The summed E-state index contributed by atoms with van der Waals surface area (Å²) in [6.07, 6.45) is 0. The van der Waals surface area contributed by atoms with Crippen molar-refractivity contribution in [3.8, 4) is 17.6 Å². The Morgan fingerprint density at radius 3 is 2.34 bits per heavy atom. The average Bonchev–Trinajstić information content (AvgIpc) is 2.76. The van der Waals surface area contributed by atoms with Gasteiger partial charge in [0, 0.05) is 22.8 Å². The van der Waals surface area contributed by atoms with Crippen molar-refractivity contribution >= 4 is 11.6 Å². The fourth-order valence-corrected chi connectivity index (χ4v) is 3.67. The van der Waals surface area contributed by atoms with Gasteiger partial charge in [0.2, 0.25) is 11.7 Å². The minimum atomic E-state index is -0.908. The number of Topliss-reactive ketones (excluding diaryl/α,β-unsaturated/α-hetero) is 2. The SMILES string of the molecule is COc1ccc([C@H]2C(C#N)=C(N)OC3=C2C(=O)c2ccccc2C3=O)c(OC)c1. The summed E-state index contributed by atoms with van der Waals surface area (Å²) in [6.45, 7) is 0. The van der Waals surface area contributed by atoms with Gasteiger partial charge in [-0.2, -0.15) is 5.26 Å². The molecule has 1 aliphatic carbocycles. The number of carbonyl (C=O) groups is 2. The van der Waals surface area contributed by atoms with Crippen LogP contribution in [0.15, 0.2) is 65.3 Å². The summed E-state index contributed by atoms with van der Waals surface area (Å²) in [5, 5.41) is 9.74. The molecule has 29 heavy (non-hydrogen) atoms. The number of carbonyl (C=O) groups excluding carboxylic acids is 2. The molecule has 0 saturated carbocycles. The van der Waals surface area contributed by atoms with Gasteiger partial charge in [0.1, 0.15) is 23.1 Å². The van der Waals surface area contributed by atoms with E-state index in [1.165, 1.54) is 14.2 Å². The Hall–Kier alpha value is -4.05. The van der Waals surface area contributed by atoms with E-state index in [2.05, 4.69) is 0 Å². The molecule has 0 fully saturated rings. The number of hydrogen-bond donors (Lipinski definition) is 1. The highest BCUT2D eigenvalue weighted by atomic mass is 16.5. The smallest absolute Gasteiger partial charge is 0.229 e. The van der Waals surface area contributed by atoms with Crippen molar-refractivity contribution in [2.75, 3.05) is 14.2 Å². The molecule has 0 unspecified atom stereocenters. The third-order valence-electron chi connectivity index (χ3n) is 5.04. The Morgan fingerprint density at radius 2 is 1.72 bits per heavy atom. The summed E-state index contributed by atoms with van der Waals surface area (Å²) in [6, 6.07) is 13.5. The van der Waals surface area contributed by atoms with Crippen molar-refractivity contribution < 1.29 is 23.8 Å². The van der Waals surface area contributed by atoms with Gasteiger partial charge in [-0.1, -0.05) is 30.3 Å². The molecule has 1 heterocycles. The van der Waals surface area contributed by atoms with Gasteiger partial charge < -0.3 is 19.9 Å². The van der Waals surface area contributed by atoms with Crippen molar-refractivity contribution in [3.05, 3.63) is 81.9 Å². The van der Waals surface area contributed by atoms with Crippen molar-refractivity contribution in [2.24, 2.45) is 5.73 Å². The van der Waals surface area contributed by atoms with Crippen LogP contribution in [0.5, 0.6) is 11.5 Å². The van der Waals surface area contributed by atoms with Crippen LogP contribution in [0.25, 0.3) is 0 Å². The lowest BCUT2D eigenvalue weighted by atomic mass is 9.75.